The van der Waals surface area contributed by atoms with Gasteiger partial charge in [-0.3, -0.25) is 4.79 Å². The number of carbonyl (C=O) groups excluding carboxylic acids is 1. The Morgan fingerprint density at radius 3 is 2.63 bits per heavy atom. The fraction of sp³-hybridized carbons (Fsp3) is 0.333. The molecule has 2 heterocycles. The van der Waals surface area contributed by atoms with Crippen LogP contribution in [0.5, 0.6) is 0 Å². The fourth-order valence-electron chi connectivity index (χ4n) is 2.71. The van der Waals surface area contributed by atoms with E-state index in [0.29, 0.717) is 28.8 Å². The minimum Gasteiger partial charge on any atom is -0.325 e. The Kier molecular flexibility index (Phi) is 6.41. The average Bonchev–Trinajstić information content (AvgIpc) is 3.17. The maximum Gasteiger partial charge on any atom is 0.244 e. The maximum absolute atomic E-state index is 12.5. The summed E-state index contributed by atoms with van der Waals surface area (Å²) in [6, 6.07) is 10.1. The van der Waals surface area contributed by atoms with Crippen molar-refractivity contribution in [3.8, 4) is 0 Å². The Morgan fingerprint density at radius 2 is 2.00 bits per heavy atom. The molecule has 0 aliphatic carbocycles. The predicted octanol–water partition coefficient (Wildman–Crippen LogP) is 3.64. The number of carbonyl (C=O) groups is 1. The lowest BCUT2D eigenvalue weighted by molar-refractivity contribution is -0.115. The molecule has 1 aliphatic heterocycles. The summed E-state index contributed by atoms with van der Waals surface area (Å²) in [4.78, 5) is 16.7. The van der Waals surface area contributed by atoms with E-state index in [1.807, 2.05) is 0 Å². The van der Waals surface area contributed by atoms with Crippen molar-refractivity contribution in [2.45, 2.75) is 34.9 Å². The number of benzene rings is 1. The summed E-state index contributed by atoms with van der Waals surface area (Å²) in [5.74, 6) is -0.183. The molecule has 1 amide bonds. The number of nitrogens with one attached hydrogen (secondary N) is 1. The zero-order valence-corrected chi connectivity index (χ0v) is 17.1. The summed E-state index contributed by atoms with van der Waals surface area (Å²) in [5.41, 5.74) is 0.625. The van der Waals surface area contributed by atoms with Crippen LogP contribution in [0, 0.1) is 0 Å². The molecule has 0 saturated carbocycles. The van der Waals surface area contributed by atoms with E-state index in [1.165, 1.54) is 22.3 Å². The van der Waals surface area contributed by atoms with Crippen molar-refractivity contribution < 1.29 is 13.2 Å². The molecule has 1 fully saturated rings. The lowest BCUT2D eigenvalue weighted by Crippen LogP contribution is -2.28. The Morgan fingerprint density at radius 1 is 1.26 bits per heavy atom. The molecular formula is C18H20ClN3O3S2. The molecule has 9 heteroatoms. The van der Waals surface area contributed by atoms with Gasteiger partial charge in [-0.15, -0.1) is 0 Å². The van der Waals surface area contributed by atoms with E-state index >= 15 is 0 Å². The standard InChI is InChI=1S/C18H20ClN3O3S2/c1-13(18(23)21-15-6-4-5-14(19)11-15)26-17-8-7-16(12-20-17)27(24,25)22-9-2-3-10-22/h4-8,11-13H,2-3,9-10H2,1H3,(H,21,23)/t13-/m1/s1. The molecule has 1 N–H and O–H groups in total. The van der Waals surface area contributed by atoms with Gasteiger partial charge in [-0.05, 0) is 50.1 Å². The van der Waals surface area contributed by atoms with E-state index in [4.69, 9.17) is 11.6 Å². The van der Waals surface area contributed by atoms with Crippen molar-refractivity contribution in [3.63, 3.8) is 0 Å². The Labute approximate surface area is 168 Å². The van der Waals surface area contributed by atoms with Crippen molar-refractivity contribution in [3.05, 3.63) is 47.6 Å². The quantitative estimate of drug-likeness (QED) is 0.715. The molecule has 0 spiro atoms. The largest absolute Gasteiger partial charge is 0.325 e. The maximum atomic E-state index is 12.5. The first kappa shape index (κ1) is 20.1. The lowest BCUT2D eigenvalue weighted by atomic mass is 10.3. The van der Waals surface area contributed by atoms with Crippen LogP contribution in [0.1, 0.15) is 19.8 Å². The van der Waals surface area contributed by atoms with Crippen LogP contribution in [0.4, 0.5) is 5.69 Å². The minimum absolute atomic E-state index is 0.183. The minimum atomic E-state index is -3.48. The van der Waals surface area contributed by atoms with Crippen molar-refractivity contribution in [2.75, 3.05) is 18.4 Å². The van der Waals surface area contributed by atoms with E-state index in [2.05, 4.69) is 10.3 Å². The van der Waals surface area contributed by atoms with Gasteiger partial charge in [0, 0.05) is 30.0 Å². The van der Waals surface area contributed by atoms with Crippen molar-refractivity contribution >= 4 is 45.0 Å². The second-order valence-electron chi connectivity index (χ2n) is 6.20. The average molecular weight is 426 g/mol. The van der Waals surface area contributed by atoms with Crippen molar-refractivity contribution in [2.24, 2.45) is 0 Å². The second kappa shape index (κ2) is 8.60. The van der Waals surface area contributed by atoms with Crippen molar-refractivity contribution in [1.82, 2.24) is 9.29 Å². The van der Waals surface area contributed by atoms with Gasteiger partial charge in [-0.25, -0.2) is 13.4 Å². The first-order chi connectivity index (χ1) is 12.9. The Bertz CT molecular complexity index is 914. The molecule has 1 aliphatic rings. The number of aromatic nitrogens is 1. The van der Waals surface area contributed by atoms with Crippen LogP contribution in [0.3, 0.4) is 0 Å². The highest BCUT2D eigenvalue weighted by Gasteiger charge is 2.27. The zero-order valence-electron chi connectivity index (χ0n) is 14.8. The van der Waals surface area contributed by atoms with Gasteiger partial charge in [0.1, 0.15) is 4.90 Å². The molecule has 1 atom stereocenters. The number of hydrogen-bond donors (Lipinski definition) is 1. The topological polar surface area (TPSA) is 79.4 Å². The van der Waals surface area contributed by atoms with Crippen LogP contribution >= 0.6 is 23.4 Å². The number of sulfonamides is 1. The van der Waals surface area contributed by atoms with E-state index in [0.717, 1.165) is 12.8 Å². The first-order valence-corrected chi connectivity index (χ1v) is 11.3. The van der Waals surface area contributed by atoms with Gasteiger partial charge in [-0.1, -0.05) is 29.4 Å². The molecule has 0 bridgehead atoms. The van der Waals surface area contributed by atoms with E-state index in [1.54, 1.807) is 43.3 Å². The molecular weight excluding hydrogens is 406 g/mol. The van der Waals surface area contributed by atoms with Crippen LogP contribution in [0.2, 0.25) is 5.02 Å². The van der Waals surface area contributed by atoms with Gasteiger partial charge in [-0.2, -0.15) is 4.31 Å². The third-order valence-electron chi connectivity index (χ3n) is 4.17. The van der Waals surface area contributed by atoms with Gasteiger partial charge in [0.05, 0.1) is 10.3 Å². The first-order valence-electron chi connectivity index (χ1n) is 8.55. The molecule has 1 aromatic heterocycles. The van der Waals surface area contributed by atoms with Gasteiger partial charge in [0.25, 0.3) is 0 Å². The predicted molar refractivity (Wildman–Crippen MR) is 108 cm³/mol. The molecule has 6 nitrogen and oxygen atoms in total. The van der Waals surface area contributed by atoms with Crippen molar-refractivity contribution in [1.29, 1.82) is 0 Å². The van der Waals surface area contributed by atoms with Gasteiger partial charge >= 0.3 is 0 Å². The normalized spacial score (nSPS) is 16.2. The van der Waals surface area contributed by atoms with Crippen LogP contribution < -0.4 is 5.32 Å². The number of nitrogens with zero attached hydrogens (tertiary/aromatic N) is 2. The smallest absolute Gasteiger partial charge is 0.244 e. The third kappa shape index (κ3) is 5.01. The molecule has 0 unspecified atom stereocenters. The second-order valence-corrected chi connectivity index (χ2v) is 9.94. The highest BCUT2D eigenvalue weighted by Crippen LogP contribution is 2.25. The Balaban J connectivity index is 1.62. The monoisotopic (exact) mass is 425 g/mol. The Hall–Kier alpha value is -1.61. The zero-order chi connectivity index (χ0) is 19.4. The highest BCUT2D eigenvalue weighted by atomic mass is 35.5. The number of halogens is 1. The fourth-order valence-corrected chi connectivity index (χ4v) is 5.15. The number of pyridine rings is 1. The third-order valence-corrected chi connectivity index (χ3v) is 7.34. The summed E-state index contributed by atoms with van der Waals surface area (Å²) in [6.07, 6.45) is 3.14. The van der Waals surface area contributed by atoms with Gasteiger partial charge in [0.2, 0.25) is 15.9 Å². The van der Waals surface area contributed by atoms with E-state index in [-0.39, 0.29) is 10.8 Å². The summed E-state index contributed by atoms with van der Waals surface area (Å²) in [6.45, 7) is 2.88. The van der Waals surface area contributed by atoms with Gasteiger partial charge in [0.15, 0.2) is 0 Å². The van der Waals surface area contributed by atoms with Crippen LogP contribution in [-0.2, 0) is 14.8 Å². The number of hydrogen-bond acceptors (Lipinski definition) is 5. The lowest BCUT2D eigenvalue weighted by Gasteiger charge is -2.15. The van der Waals surface area contributed by atoms with Gasteiger partial charge < -0.3 is 5.32 Å². The molecule has 0 radical (unpaired) electrons. The number of thioether (sulfide) groups is 1. The highest BCUT2D eigenvalue weighted by molar-refractivity contribution is 8.00. The molecule has 144 valence electrons. The van der Waals surface area contributed by atoms with E-state index in [9.17, 15) is 13.2 Å². The van der Waals surface area contributed by atoms with Crippen LogP contribution in [0.15, 0.2) is 52.5 Å². The molecule has 1 aromatic carbocycles. The van der Waals surface area contributed by atoms with E-state index < -0.39 is 15.3 Å². The summed E-state index contributed by atoms with van der Waals surface area (Å²) in [5, 5.41) is 3.53. The summed E-state index contributed by atoms with van der Waals surface area (Å²) >= 11 is 7.18. The summed E-state index contributed by atoms with van der Waals surface area (Å²) < 4.78 is 26.5. The molecule has 1 saturated heterocycles. The molecule has 2 aromatic rings. The SMILES string of the molecule is C[C@@H](Sc1ccc(S(=O)(=O)N2CCCC2)cn1)C(=O)Nc1cccc(Cl)c1. The number of amides is 1. The molecule has 3 rings (SSSR count). The molecule has 27 heavy (non-hydrogen) atoms. The van der Waals surface area contributed by atoms with Crippen LogP contribution in [0.25, 0.3) is 0 Å². The van der Waals surface area contributed by atoms with Crippen LogP contribution in [-0.4, -0.2) is 42.0 Å². The number of rotatable bonds is 6. The number of anilines is 1. The summed E-state index contributed by atoms with van der Waals surface area (Å²) in [7, 11) is -3.48.